The van der Waals surface area contributed by atoms with Crippen molar-refractivity contribution >= 4 is 6.29 Å². The molecule has 0 aromatic heterocycles. The summed E-state index contributed by atoms with van der Waals surface area (Å²) in [6, 6.07) is 0. The summed E-state index contributed by atoms with van der Waals surface area (Å²) < 4.78 is 14.4. The molecule has 14 heteroatoms. The second-order valence-corrected chi connectivity index (χ2v) is 6.41. The lowest BCUT2D eigenvalue weighted by atomic mass is 9.99. The summed E-state index contributed by atoms with van der Waals surface area (Å²) in [5.41, 5.74) is 0. The lowest BCUT2D eigenvalue weighted by molar-refractivity contribution is -0.309. The standard InChI is InChI=1S/C9H16O8.C6H12O6/c10-1-4(2-11)16-9-8(15)7(14)6(13)5(3-12)17-9;7-1-2-3(8)4(9)5(10)6(11)12-2/h1,4-9,11-15H,2-3H2;2-11H,1H2/t4-,5+,6-,7-,8+,9+;2-,3+,4+,5-,6-/m01/s1. The molecule has 2 heterocycles. The van der Waals surface area contributed by atoms with E-state index in [0.717, 1.165) is 0 Å². The van der Waals surface area contributed by atoms with Crippen LogP contribution in [0.3, 0.4) is 0 Å². The van der Waals surface area contributed by atoms with Crippen molar-refractivity contribution in [1.82, 2.24) is 0 Å². The minimum atomic E-state index is -1.58. The molecule has 0 radical (unpaired) electrons. The SMILES string of the molecule is O=C[C@@H](CO)O[C@@H]1O[C@H](CO)[C@H](O)[C@H](O)[C@H]1O.OC[C@H]1O[C@@H](O)[C@H](O)[C@@H](O)[C@H]1O. The summed E-state index contributed by atoms with van der Waals surface area (Å²) in [5.74, 6) is 0. The zero-order valence-corrected chi connectivity index (χ0v) is 15.2. The van der Waals surface area contributed by atoms with E-state index in [9.17, 15) is 20.1 Å². The molecular formula is C15H28O14. The molecular weight excluding hydrogens is 404 g/mol. The first-order chi connectivity index (χ1) is 13.6. The molecule has 0 unspecified atom stereocenters. The van der Waals surface area contributed by atoms with Crippen molar-refractivity contribution in [1.29, 1.82) is 0 Å². The van der Waals surface area contributed by atoms with Gasteiger partial charge in [0.1, 0.15) is 54.9 Å². The average molecular weight is 432 g/mol. The van der Waals surface area contributed by atoms with Crippen molar-refractivity contribution in [3.05, 3.63) is 0 Å². The largest absolute Gasteiger partial charge is 0.394 e. The highest BCUT2D eigenvalue weighted by Crippen LogP contribution is 2.22. The topological polar surface area (TPSA) is 247 Å². The number of hydrogen-bond acceptors (Lipinski definition) is 14. The van der Waals surface area contributed by atoms with Gasteiger partial charge in [0.15, 0.2) is 18.9 Å². The van der Waals surface area contributed by atoms with Gasteiger partial charge in [-0.05, 0) is 0 Å². The third kappa shape index (κ3) is 6.56. The van der Waals surface area contributed by atoms with Crippen LogP contribution in [-0.2, 0) is 19.0 Å². The number of aldehydes is 1. The Morgan fingerprint density at radius 1 is 0.724 bits per heavy atom. The lowest BCUT2D eigenvalue weighted by Crippen LogP contribution is -2.59. The first kappa shape index (κ1) is 26.2. The number of carbonyl (C=O) groups is 1. The molecule has 11 atom stereocenters. The summed E-state index contributed by atoms with van der Waals surface area (Å²) in [4.78, 5) is 10.4. The van der Waals surface area contributed by atoms with Crippen LogP contribution in [0, 0.1) is 0 Å². The zero-order valence-electron chi connectivity index (χ0n) is 15.2. The summed E-state index contributed by atoms with van der Waals surface area (Å²) in [5, 5.41) is 90.6. The maximum absolute atomic E-state index is 10.4. The van der Waals surface area contributed by atoms with Crippen LogP contribution in [0.25, 0.3) is 0 Å². The lowest BCUT2D eigenvalue weighted by Gasteiger charge is -2.40. The molecule has 172 valence electrons. The minimum absolute atomic E-state index is 0.307. The molecule has 0 aromatic carbocycles. The predicted octanol–water partition coefficient (Wildman–Crippen LogP) is -6.86. The van der Waals surface area contributed by atoms with Crippen molar-refractivity contribution in [2.24, 2.45) is 0 Å². The zero-order chi connectivity index (χ0) is 22.3. The molecule has 0 bridgehead atoms. The highest BCUT2D eigenvalue weighted by atomic mass is 16.7. The highest BCUT2D eigenvalue weighted by Gasteiger charge is 2.45. The molecule has 2 aliphatic heterocycles. The molecule has 0 saturated carbocycles. The molecule has 2 saturated heterocycles. The van der Waals surface area contributed by atoms with E-state index in [1.807, 2.05) is 0 Å². The van der Waals surface area contributed by atoms with Crippen LogP contribution in [0.2, 0.25) is 0 Å². The number of rotatable bonds is 6. The number of ether oxygens (including phenoxy) is 3. The van der Waals surface area contributed by atoms with Gasteiger partial charge in [0.2, 0.25) is 0 Å². The fourth-order valence-corrected chi connectivity index (χ4v) is 2.55. The Morgan fingerprint density at radius 3 is 1.66 bits per heavy atom. The van der Waals surface area contributed by atoms with Crippen molar-refractivity contribution < 1.29 is 70.1 Å². The molecule has 14 nitrogen and oxygen atoms in total. The summed E-state index contributed by atoms with van der Waals surface area (Å²) in [6.07, 6.45) is -15.1. The van der Waals surface area contributed by atoms with Crippen molar-refractivity contribution in [2.75, 3.05) is 19.8 Å². The molecule has 0 aliphatic carbocycles. The number of aliphatic hydroxyl groups excluding tert-OH is 10. The molecule has 29 heavy (non-hydrogen) atoms. The summed E-state index contributed by atoms with van der Waals surface area (Å²) in [7, 11) is 0. The maximum atomic E-state index is 10.4. The van der Waals surface area contributed by atoms with Gasteiger partial charge in [-0.3, -0.25) is 0 Å². The fraction of sp³-hybridized carbons (Fsp3) is 0.933. The van der Waals surface area contributed by atoms with Crippen LogP contribution in [0.15, 0.2) is 0 Å². The Hall–Kier alpha value is -0.850. The van der Waals surface area contributed by atoms with Crippen molar-refractivity contribution in [2.45, 2.75) is 67.5 Å². The van der Waals surface area contributed by atoms with Gasteiger partial charge < -0.3 is 70.1 Å². The van der Waals surface area contributed by atoms with E-state index in [4.69, 9.17) is 45.2 Å². The van der Waals surface area contributed by atoms with Crippen LogP contribution >= 0.6 is 0 Å². The quantitative estimate of drug-likeness (QED) is 0.175. The van der Waals surface area contributed by atoms with Gasteiger partial charge in [-0.2, -0.15) is 0 Å². The molecule has 0 aromatic rings. The Bertz CT molecular complexity index is 473. The third-order valence-electron chi connectivity index (χ3n) is 4.36. The molecule has 2 fully saturated rings. The van der Waals surface area contributed by atoms with Crippen LogP contribution in [0.1, 0.15) is 0 Å². The van der Waals surface area contributed by atoms with Gasteiger partial charge >= 0.3 is 0 Å². The van der Waals surface area contributed by atoms with Gasteiger partial charge in [0.05, 0.1) is 19.8 Å². The molecule has 10 N–H and O–H groups in total. The average Bonchev–Trinajstić information content (AvgIpc) is 2.73. The molecule has 0 spiro atoms. The highest BCUT2D eigenvalue weighted by molar-refractivity contribution is 5.56. The third-order valence-corrected chi connectivity index (χ3v) is 4.36. The van der Waals surface area contributed by atoms with E-state index in [0.29, 0.717) is 6.29 Å². The number of carbonyl (C=O) groups excluding carboxylic acids is 1. The van der Waals surface area contributed by atoms with Crippen LogP contribution in [0.5, 0.6) is 0 Å². The Labute approximate surface area is 164 Å². The molecule has 2 rings (SSSR count). The van der Waals surface area contributed by atoms with Gasteiger partial charge in [-0.25, -0.2) is 0 Å². The normalized spacial score (nSPS) is 43.8. The Kier molecular flexibility index (Phi) is 10.9. The van der Waals surface area contributed by atoms with Crippen LogP contribution < -0.4 is 0 Å². The van der Waals surface area contributed by atoms with Gasteiger partial charge in [0, 0.05) is 0 Å². The van der Waals surface area contributed by atoms with Crippen molar-refractivity contribution in [3.8, 4) is 0 Å². The second-order valence-electron chi connectivity index (χ2n) is 6.41. The maximum Gasteiger partial charge on any atom is 0.187 e. The van der Waals surface area contributed by atoms with Gasteiger partial charge in [-0.15, -0.1) is 0 Å². The fourth-order valence-electron chi connectivity index (χ4n) is 2.55. The monoisotopic (exact) mass is 432 g/mol. The van der Waals surface area contributed by atoms with Crippen LogP contribution in [-0.4, -0.2) is 145 Å². The minimum Gasteiger partial charge on any atom is -0.394 e. The molecule has 0 amide bonds. The van der Waals surface area contributed by atoms with E-state index in [1.165, 1.54) is 0 Å². The van der Waals surface area contributed by atoms with Crippen LogP contribution in [0.4, 0.5) is 0 Å². The predicted molar refractivity (Wildman–Crippen MR) is 87.8 cm³/mol. The van der Waals surface area contributed by atoms with Gasteiger partial charge in [0.25, 0.3) is 0 Å². The van der Waals surface area contributed by atoms with Gasteiger partial charge in [-0.1, -0.05) is 0 Å². The number of aliphatic hydroxyl groups is 10. The molecule has 2 aliphatic rings. The first-order valence-electron chi connectivity index (χ1n) is 8.63. The van der Waals surface area contributed by atoms with E-state index in [-0.39, 0.29) is 0 Å². The Balaban J connectivity index is 0.000000308. The van der Waals surface area contributed by atoms with E-state index in [1.54, 1.807) is 0 Å². The summed E-state index contributed by atoms with van der Waals surface area (Å²) in [6.45, 7) is -1.73. The summed E-state index contributed by atoms with van der Waals surface area (Å²) >= 11 is 0. The number of hydrogen-bond donors (Lipinski definition) is 10. The Morgan fingerprint density at radius 2 is 1.21 bits per heavy atom. The first-order valence-corrected chi connectivity index (χ1v) is 8.63. The van der Waals surface area contributed by atoms with E-state index >= 15 is 0 Å². The van der Waals surface area contributed by atoms with E-state index < -0.39 is 87.3 Å². The smallest absolute Gasteiger partial charge is 0.187 e. The van der Waals surface area contributed by atoms with E-state index in [2.05, 4.69) is 4.74 Å². The van der Waals surface area contributed by atoms with Crippen molar-refractivity contribution in [3.63, 3.8) is 0 Å². The second kappa shape index (κ2) is 12.1.